The van der Waals surface area contributed by atoms with Gasteiger partial charge in [-0.2, -0.15) is 0 Å². The number of para-hydroxylation sites is 1. The van der Waals surface area contributed by atoms with Gasteiger partial charge in [0.15, 0.2) is 5.78 Å². The fourth-order valence-corrected chi connectivity index (χ4v) is 3.21. The van der Waals surface area contributed by atoms with Crippen molar-refractivity contribution < 1.29 is 29.0 Å². The number of rotatable bonds is 4. The minimum Gasteiger partial charge on any atom is -0.488 e. The van der Waals surface area contributed by atoms with Crippen molar-refractivity contribution in [1.29, 1.82) is 0 Å². The first-order valence-corrected chi connectivity index (χ1v) is 8.94. The van der Waals surface area contributed by atoms with Gasteiger partial charge in [-0.1, -0.05) is 42.5 Å². The van der Waals surface area contributed by atoms with Crippen LogP contribution in [-0.2, 0) is 17.8 Å². The summed E-state index contributed by atoms with van der Waals surface area (Å²) in [6, 6.07) is 18.1. The summed E-state index contributed by atoms with van der Waals surface area (Å²) in [5.41, 5.74) is 2.35. The van der Waals surface area contributed by atoms with Gasteiger partial charge < -0.3 is 14.6 Å². The number of carbonyl (C=O) groups is 3. The molecule has 1 aliphatic heterocycles. The zero-order valence-electron chi connectivity index (χ0n) is 15.3. The molecule has 0 atom stereocenters. The lowest BCUT2D eigenvalue weighted by Crippen LogP contribution is -2.14. The molecule has 0 spiro atoms. The molecular formula is C23H16O6. The van der Waals surface area contributed by atoms with Crippen molar-refractivity contribution in [3.05, 3.63) is 94.5 Å². The summed E-state index contributed by atoms with van der Waals surface area (Å²) in [7, 11) is 0. The van der Waals surface area contributed by atoms with Crippen LogP contribution in [0.15, 0.2) is 66.7 Å². The molecule has 6 heteroatoms. The number of carbonyl (C=O) groups excluding carboxylic acids is 2. The number of benzene rings is 3. The predicted molar refractivity (Wildman–Crippen MR) is 103 cm³/mol. The zero-order chi connectivity index (χ0) is 20.4. The molecule has 4 rings (SSSR count). The first-order chi connectivity index (χ1) is 14.0. The van der Waals surface area contributed by atoms with Crippen molar-refractivity contribution in [2.75, 3.05) is 0 Å². The molecule has 1 heterocycles. The number of carboxylic acids is 1. The van der Waals surface area contributed by atoms with Gasteiger partial charge in [0.1, 0.15) is 23.7 Å². The Hall–Kier alpha value is -3.93. The van der Waals surface area contributed by atoms with E-state index in [2.05, 4.69) is 0 Å². The lowest BCUT2D eigenvalue weighted by atomic mass is 9.98. The summed E-state index contributed by atoms with van der Waals surface area (Å²) in [6.45, 7) is 0.259. The number of hydrogen-bond acceptors (Lipinski definition) is 5. The molecule has 29 heavy (non-hydrogen) atoms. The lowest BCUT2D eigenvalue weighted by Gasteiger charge is -2.10. The largest absolute Gasteiger partial charge is 0.488 e. The summed E-state index contributed by atoms with van der Waals surface area (Å²) in [4.78, 5) is 36.3. The number of aromatic carboxylic acids is 1. The molecule has 6 nitrogen and oxygen atoms in total. The van der Waals surface area contributed by atoms with Crippen molar-refractivity contribution in [2.24, 2.45) is 0 Å². The molecule has 1 aliphatic rings. The van der Waals surface area contributed by atoms with Gasteiger partial charge in [-0.05, 0) is 29.8 Å². The summed E-state index contributed by atoms with van der Waals surface area (Å²) < 4.78 is 11.0. The van der Waals surface area contributed by atoms with Crippen molar-refractivity contribution in [2.45, 2.75) is 13.0 Å². The van der Waals surface area contributed by atoms with Crippen LogP contribution in [0.2, 0.25) is 0 Å². The van der Waals surface area contributed by atoms with Crippen LogP contribution in [0.1, 0.15) is 37.4 Å². The van der Waals surface area contributed by atoms with Gasteiger partial charge in [-0.15, -0.1) is 0 Å². The van der Waals surface area contributed by atoms with Crippen LogP contribution in [-0.4, -0.2) is 22.8 Å². The maximum atomic E-state index is 12.8. The van der Waals surface area contributed by atoms with E-state index in [4.69, 9.17) is 9.47 Å². The third-order valence-electron chi connectivity index (χ3n) is 4.63. The number of esters is 1. The molecule has 0 fully saturated rings. The lowest BCUT2D eigenvalue weighted by molar-refractivity contribution is -0.133. The molecule has 0 radical (unpaired) electrons. The molecule has 3 aromatic rings. The van der Waals surface area contributed by atoms with E-state index < -0.39 is 11.9 Å². The molecular weight excluding hydrogens is 372 g/mol. The predicted octanol–water partition coefficient (Wildman–Crippen LogP) is 3.66. The van der Waals surface area contributed by atoms with E-state index in [1.54, 1.807) is 42.5 Å². The molecule has 0 bridgehead atoms. The Balaban J connectivity index is 1.54. The van der Waals surface area contributed by atoms with Crippen LogP contribution in [0.5, 0.6) is 11.5 Å². The van der Waals surface area contributed by atoms with Crippen LogP contribution in [0.4, 0.5) is 0 Å². The molecule has 1 N–H and O–H groups in total. The first-order valence-electron chi connectivity index (χ1n) is 8.94. The Bertz CT molecular complexity index is 1130. The van der Waals surface area contributed by atoms with Gasteiger partial charge in [-0.25, -0.2) is 4.79 Å². The van der Waals surface area contributed by atoms with Gasteiger partial charge in [0.05, 0.1) is 12.0 Å². The second kappa shape index (κ2) is 7.59. The Morgan fingerprint density at radius 2 is 1.72 bits per heavy atom. The molecule has 144 valence electrons. The Morgan fingerprint density at radius 1 is 0.966 bits per heavy atom. The Morgan fingerprint density at radius 3 is 2.55 bits per heavy atom. The highest BCUT2D eigenvalue weighted by atomic mass is 16.5. The van der Waals surface area contributed by atoms with Gasteiger partial charge in [0.25, 0.3) is 0 Å². The highest BCUT2D eigenvalue weighted by molar-refractivity contribution is 6.12. The van der Waals surface area contributed by atoms with Gasteiger partial charge in [-0.3, -0.25) is 9.59 Å². The van der Waals surface area contributed by atoms with E-state index in [9.17, 15) is 19.5 Å². The number of fused-ring (bicyclic) bond motifs is 2. The van der Waals surface area contributed by atoms with E-state index in [0.717, 1.165) is 5.56 Å². The van der Waals surface area contributed by atoms with Crippen molar-refractivity contribution >= 4 is 17.7 Å². The topological polar surface area (TPSA) is 89.9 Å². The van der Waals surface area contributed by atoms with Crippen molar-refractivity contribution in [3.63, 3.8) is 0 Å². The maximum absolute atomic E-state index is 12.8. The minimum absolute atomic E-state index is 0.0124. The van der Waals surface area contributed by atoms with Crippen molar-refractivity contribution in [1.82, 2.24) is 0 Å². The van der Waals surface area contributed by atoms with E-state index >= 15 is 0 Å². The molecule has 0 amide bonds. The number of carboxylic acid groups (broad SMARTS) is 1. The van der Waals surface area contributed by atoms with Crippen LogP contribution in [0.3, 0.4) is 0 Å². The smallest absolute Gasteiger partial charge is 0.339 e. The summed E-state index contributed by atoms with van der Waals surface area (Å²) in [6.07, 6.45) is -0.0915. The highest BCUT2D eigenvalue weighted by Crippen LogP contribution is 2.29. The van der Waals surface area contributed by atoms with Crippen molar-refractivity contribution in [3.8, 4) is 11.5 Å². The average Bonchev–Trinajstić information content (AvgIpc) is 2.85. The van der Waals surface area contributed by atoms with Crippen LogP contribution < -0.4 is 9.47 Å². The average molecular weight is 388 g/mol. The van der Waals surface area contributed by atoms with Crippen LogP contribution in [0.25, 0.3) is 0 Å². The van der Waals surface area contributed by atoms with Gasteiger partial charge in [0.2, 0.25) is 0 Å². The molecule has 0 unspecified atom stereocenters. The Labute approximate surface area is 166 Å². The highest BCUT2D eigenvalue weighted by Gasteiger charge is 2.23. The van der Waals surface area contributed by atoms with Crippen LogP contribution in [0, 0.1) is 0 Å². The van der Waals surface area contributed by atoms with Crippen LogP contribution >= 0.6 is 0 Å². The minimum atomic E-state index is -1.18. The first kappa shape index (κ1) is 18.4. The summed E-state index contributed by atoms with van der Waals surface area (Å²) in [5, 5.41) is 9.19. The summed E-state index contributed by atoms with van der Waals surface area (Å²) >= 11 is 0. The number of hydrogen-bond donors (Lipinski definition) is 1. The number of ketones is 1. The quantitative estimate of drug-likeness (QED) is 0.542. The van der Waals surface area contributed by atoms with Gasteiger partial charge in [0, 0.05) is 11.1 Å². The number of ether oxygens (including phenoxy) is 2. The molecule has 0 aromatic heterocycles. The molecule has 0 saturated carbocycles. The van der Waals surface area contributed by atoms with E-state index in [0.29, 0.717) is 22.4 Å². The zero-order valence-corrected chi connectivity index (χ0v) is 15.3. The Kier molecular flexibility index (Phi) is 4.83. The fraction of sp³-hybridized carbons (Fsp3) is 0.0870. The third-order valence-corrected chi connectivity index (χ3v) is 4.63. The van der Waals surface area contributed by atoms with E-state index in [-0.39, 0.29) is 30.1 Å². The molecule has 3 aromatic carbocycles. The summed E-state index contributed by atoms with van der Waals surface area (Å²) in [5.74, 6) is -1.52. The van der Waals surface area contributed by atoms with E-state index in [1.165, 1.54) is 12.1 Å². The second-order valence-electron chi connectivity index (χ2n) is 6.56. The SMILES string of the molecule is O=C(Cc1ccc2c(c1)OCc1ccccc1C2=O)Oc1ccccc1C(=O)O. The van der Waals surface area contributed by atoms with E-state index in [1.807, 2.05) is 12.1 Å². The second-order valence-corrected chi connectivity index (χ2v) is 6.56. The maximum Gasteiger partial charge on any atom is 0.339 e. The molecule has 0 saturated heterocycles. The monoisotopic (exact) mass is 388 g/mol. The standard InChI is InChI=1S/C23H16O6/c24-21(29-19-8-4-3-7-18(19)23(26)27)12-14-9-10-17-20(11-14)28-13-15-5-1-2-6-16(15)22(17)25/h1-11H,12-13H2,(H,26,27). The molecule has 0 aliphatic carbocycles. The normalized spacial score (nSPS) is 12.2. The fourth-order valence-electron chi connectivity index (χ4n) is 3.21. The van der Waals surface area contributed by atoms with Gasteiger partial charge >= 0.3 is 11.9 Å². The third kappa shape index (κ3) is 3.73.